The van der Waals surface area contributed by atoms with Gasteiger partial charge in [-0.3, -0.25) is 9.59 Å². The molecule has 5 nitrogen and oxygen atoms in total. The molecule has 17 heavy (non-hydrogen) atoms. The van der Waals surface area contributed by atoms with Crippen LogP contribution in [0.25, 0.3) is 0 Å². The maximum absolute atomic E-state index is 11.5. The Labute approximate surface area is 102 Å². The van der Waals surface area contributed by atoms with Crippen molar-refractivity contribution in [2.45, 2.75) is 32.6 Å². The van der Waals surface area contributed by atoms with E-state index in [1.807, 2.05) is 0 Å². The molecule has 1 aliphatic rings. The van der Waals surface area contributed by atoms with E-state index in [-0.39, 0.29) is 0 Å². The molecule has 0 aromatic heterocycles. The maximum Gasteiger partial charge on any atom is 0.322 e. The van der Waals surface area contributed by atoms with Crippen LogP contribution in [0.3, 0.4) is 0 Å². The van der Waals surface area contributed by atoms with E-state index in [1.165, 1.54) is 20.5 Å². The van der Waals surface area contributed by atoms with Crippen molar-refractivity contribution in [3.05, 3.63) is 0 Å². The molecule has 0 bridgehead atoms. The van der Waals surface area contributed by atoms with E-state index >= 15 is 0 Å². The molecule has 1 N–H and O–H groups in total. The van der Waals surface area contributed by atoms with E-state index in [0.717, 1.165) is 25.9 Å². The highest BCUT2D eigenvalue weighted by atomic mass is 16.5. The van der Waals surface area contributed by atoms with Crippen molar-refractivity contribution in [2.75, 3.05) is 26.7 Å². The molecule has 0 aliphatic carbocycles. The van der Waals surface area contributed by atoms with Gasteiger partial charge in [-0.25, -0.2) is 0 Å². The molecule has 1 rings (SSSR count). The Morgan fingerprint density at radius 1 is 1.29 bits per heavy atom. The number of hydrogen-bond acceptors (Lipinski definition) is 4. The molecule has 1 atom stereocenters. The van der Waals surface area contributed by atoms with Gasteiger partial charge < -0.3 is 14.7 Å². The van der Waals surface area contributed by atoms with Crippen LogP contribution in [0.5, 0.6) is 0 Å². The third-order valence-electron chi connectivity index (χ3n) is 3.48. The number of carboxylic acids is 1. The zero-order valence-corrected chi connectivity index (χ0v) is 10.6. The standard InChI is InChI=1S/C12H21NO4/c1-12(10(14)15,11(16)17-2)6-9-13-7-4-3-5-8-13/h3-9H2,1-2H3,(H,14,15). The van der Waals surface area contributed by atoms with Crippen molar-refractivity contribution in [2.24, 2.45) is 5.41 Å². The summed E-state index contributed by atoms with van der Waals surface area (Å²) in [5.41, 5.74) is -1.42. The Morgan fingerprint density at radius 2 is 1.88 bits per heavy atom. The van der Waals surface area contributed by atoms with Crippen LogP contribution >= 0.6 is 0 Å². The van der Waals surface area contributed by atoms with E-state index in [4.69, 9.17) is 5.11 Å². The Morgan fingerprint density at radius 3 is 2.35 bits per heavy atom. The molecule has 1 saturated heterocycles. The molecule has 0 radical (unpaired) electrons. The van der Waals surface area contributed by atoms with Gasteiger partial charge in [-0.2, -0.15) is 0 Å². The summed E-state index contributed by atoms with van der Waals surface area (Å²) in [5.74, 6) is -1.77. The second-order valence-corrected chi connectivity index (χ2v) is 4.78. The molecule has 0 amide bonds. The summed E-state index contributed by atoms with van der Waals surface area (Å²) < 4.78 is 4.58. The van der Waals surface area contributed by atoms with Crippen LogP contribution in [0.1, 0.15) is 32.6 Å². The second-order valence-electron chi connectivity index (χ2n) is 4.78. The van der Waals surface area contributed by atoms with Gasteiger partial charge in [0.1, 0.15) is 0 Å². The molecule has 1 heterocycles. The predicted octanol–water partition coefficient (Wildman–Crippen LogP) is 1.13. The number of hydrogen-bond donors (Lipinski definition) is 1. The molecule has 1 aliphatic heterocycles. The van der Waals surface area contributed by atoms with Crippen LogP contribution in [-0.4, -0.2) is 48.7 Å². The summed E-state index contributed by atoms with van der Waals surface area (Å²) >= 11 is 0. The number of methoxy groups -OCH3 is 1. The number of nitrogens with zero attached hydrogens (tertiary/aromatic N) is 1. The number of ether oxygens (including phenoxy) is 1. The summed E-state index contributed by atoms with van der Waals surface area (Å²) in [6.07, 6.45) is 3.85. The zero-order valence-electron chi connectivity index (χ0n) is 10.6. The molecule has 5 heteroatoms. The van der Waals surface area contributed by atoms with Crippen molar-refractivity contribution < 1.29 is 19.4 Å². The summed E-state index contributed by atoms with van der Waals surface area (Å²) in [5, 5.41) is 9.14. The predicted molar refractivity (Wildman–Crippen MR) is 62.7 cm³/mol. The van der Waals surface area contributed by atoms with E-state index in [1.54, 1.807) is 0 Å². The lowest BCUT2D eigenvalue weighted by molar-refractivity contribution is -0.166. The molecular formula is C12H21NO4. The van der Waals surface area contributed by atoms with Gasteiger partial charge in [0, 0.05) is 0 Å². The summed E-state index contributed by atoms with van der Waals surface area (Å²) in [7, 11) is 1.23. The van der Waals surface area contributed by atoms with Crippen molar-refractivity contribution >= 4 is 11.9 Å². The fraction of sp³-hybridized carbons (Fsp3) is 0.833. The Kier molecular flexibility index (Phi) is 4.93. The second kappa shape index (κ2) is 6.00. The monoisotopic (exact) mass is 243 g/mol. The molecule has 98 valence electrons. The third-order valence-corrected chi connectivity index (χ3v) is 3.48. The fourth-order valence-corrected chi connectivity index (χ4v) is 2.09. The number of carbonyl (C=O) groups is 2. The highest BCUT2D eigenvalue weighted by Gasteiger charge is 2.42. The van der Waals surface area contributed by atoms with Crippen LogP contribution in [-0.2, 0) is 14.3 Å². The normalized spacial score (nSPS) is 20.6. The number of rotatable bonds is 5. The number of carbonyl (C=O) groups excluding carboxylic acids is 1. The van der Waals surface area contributed by atoms with E-state index in [2.05, 4.69) is 9.64 Å². The molecule has 0 aromatic carbocycles. The van der Waals surface area contributed by atoms with E-state index in [0.29, 0.717) is 13.0 Å². The van der Waals surface area contributed by atoms with Gasteiger partial charge >= 0.3 is 11.9 Å². The largest absolute Gasteiger partial charge is 0.480 e. The number of likely N-dealkylation sites (tertiary alicyclic amines) is 1. The fourth-order valence-electron chi connectivity index (χ4n) is 2.09. The van der Waals surface area contributed by atoms with Gasteiger partial charge in [0.25, 0.3) is 0 Å². The minimum atomic E-state index is -1.42. The topological polar surface area (TPSA) is 66.8 Å². The van der Waals surface area contributed by atoms with Crippen LogP contribution in [0, 0.1) is 5.41 Å². The molecule has 1 fully saturated rings. The lowest BCUT2D eigenvalue weighted by Gasteiger charge is -2.29. The Hall–Kier alpha value is -1.10. The highest BCUT2D eigenvalue weighted by molar-refractivity contribution is 5.98. The summed E-state index contributed by atoms with van der Waals surface area (Å²) in [4.78, 5) is 24.9. The van der Waals surface area contributed by atoms with Gasteiger partial charge in [0.2, 0.25) is 0 Å². The lowest BCUT2D eigenvalue weighted by Crippen LogP contribution is -2.41. The van der Waals surface area contributed by atoms with Crippen molar-refractivity contribution in [1.82, 2.24) is 4.90 Å². The van der Waals surface area contributed by atoms with Gasteiger partial charge in [-0.1, -0.05) is 6.42 Å². The maximum atomic E-state index is 11.5. The zero-order chi connectivity index (χ0) is 12.9. The van der Waals surface area contributed by atoms with Gasteiger partial charge in [0.05, 0.1) is 7.11 Å². The molecule has 0 saturated carbocycles. The SMILES string of the molecule is COC(=O)C(C)(CCN1CCCCC1)C(=O)O. The Bertz CT molecular complexity index is 286. The van der Waals surface area contributed by atoms with Crippen LogP contribution in [0.4, 0.5) is 0 Å². The number of aliphatic carboxylic acids is 1. The quantitative estimate of drug-likeness (QED) is 0.579. The molecular weight excluding hydrogens is 222 g/mol. The first-order chi connectivity index (χ1) is 8.00. The minimum Gasteiger partial charge on any atom is -0.480 e. The smallest absolute Gasteiger partial charge is 0.322 e. The lowest BCUT2D eigenvalue weighted by atomic mass is 9.86. The van der Waals surface area contributed by atoms with Crippen molar-refractivity contribution in [1.29, 1.82) is 0 Å². The average Bonchev–Trinajstić information content (AvgIpc) is 2.35. The molecule has 1 unspecified atom stereocenters. The molecule has 0 spiro atoms. The molecule has 0 aromatic rings. The number of carboxylic acid groups (broad SMARTS) is 1. The van der Waals surface area contributed by atoms with Crippen LogP contribution in [0.15, 0.2) is 0 Å². The van der Waals surface area contributed by atoms with Crippen LogP contribution in [0.2, 0.25) is 0 Å². The first-order valence-corrected chi connectivity index (χ1v) is 6.05. The van der Waals surface area contributed by atoms with Crippen molar-refractivity contribution in [3.63, 3.8) is 0 Å². The first kappa shape index (κ1) is 14.0. The van der Waals surface area contributed by atoms with E-state index < -0.39 is 17.4 Å². The van der Waals surface area contributed by atoms with E-state index in [9.17, 15) is 9.59 Å². The summed E-state index contributed by atoms with van der Waals surface area (Å²) in [6, 6.07) is 0. The van der Waals surface area contributed by atoms with Gasteiger partial charge in [-0.05, 0) is 45.8 Å². The number of esters is 1. The first-order valence-electron chi connectivity index (χ1n) is 6.05. The van der Waals surface area contributed by atoms with Crippen molar-refractivity contribution in [3.8, 4) is 0 Å². The third kappa shape index (κ3) is 3.43. The Balaban J connectivity index is 2.54. The number of piperidine rings is 1. The highest BCUT2D eigenvalue weighted by Crippen LogP contribution is 2.24. The van der Waals surface area contributed by atoms with Crippen LogP contribution < -0.4 is 0 Å². The average molecular weight is 243 g/mol. The van der Waals surface area contributed by atoms with Gasteiger partial charge in [0.15, 0.2) is 5.41 Å². The summed E-state index contributed by atoms with van der Waals surface area (Å²) in [6.45, 7) is 4.07. The van der Waals surface area contributed by atoms with Gasteiger partial charge in [-0.15, -0.1) is 0 Å². The minimum absolute atomic E-state index is 0.301.